The molecule has 1 saturated carbocycles. The highest BCUT2D eigenvalue weighted by molar-refractivity contribution is 5.95. The van der Waals surface area contributed by atoms with Gasteiger partial charge < -0.3 is 19.9 Å². The second-order valence-corrected chi connectivity index (χ2v) is 11.3. The van der Waals surface area contributed by atoms with Crippen molar-refractivity contribution in [1.29, 1.82) is 5.26 Å². The minimum atomic E-state index is -5.16. The summed E-state index contributed by atoms with van der Waals surface area (Å²) in [5, 5.41) is 14.4. The summed E-state index contributed by atoms with van der Waals surface area (Å²) in [5.74, 6) is -3.84. The maximum Gasteiger partial charge on any atom is 0.471 e. The lowest BCUT2D eigenvalue weighted by molar-refractivity contribution is -0.176. The number of amides is 3. The van der Waals surface area contributed by atoms with E-state index in [1.54, 1.807) is 55.8 Å². The highest BCUT2D eigenvalue weighted by atomic mass is 19.4. The summed E-state index contributed by atoms with van der Waals surface area (Å²) in [7, 11) is 0. The molecule has 2 aromatic heterocycles. The molecule has 2 fully saturated rings. The normalized spacial score (nSPS) is 24.1. The summed E-state index contributed by atoms with van der Waals surface area (Å²) in [6.45, 7) is 8.71. The van der Waals surface area contributed by atoms with Crippen LogP contribution in [0.3, 0.4) is 0 Å². The minimum absolute atomic E-state index is 0.0382. The number of halogens is 3. The molecule has 37 heavy (non-hydrogen) atoms. The molecule has 3 amide bonds. The van der Waals surface area contributed by atoms with Gasteiger partial charge in [-0.25, -0.2) is 4.98 Å². The first-order valence-electron chi connectivity index (χ1n) is 11.9. The van der Waals surface area contributed by atoms with Crippen molar-refractivity contribution in [3.63, 3.8) is 0 Å². The number of carbonyl (C=O) groups excluding carboxylic acids is 3. The summed E-state index contributed by atoms with van der Waals surface area (Å²) >= 11 is 0. The Kier molecular flexibility index (Phi) is 6.25. The van der Waals surface area contributed by atoms with Gasteiger partial charge >= 0.3 is 12.1 Å². The number of pyridine rings is 1. The predicted molar refractivity (Wildman–Crippen MR) is 125 cm³/mol. The van der Waals surface area contributed by atoms with E-state index in [4.69, 9.17) is 0 Å². The fourth-order valence-electron chi connectivity index (χ4n) is 5.45. The van der Waals surface area contributed by atoms with Crippen molar-refractivity contribution >= 4 is 23.4 Å². The Morgan fingerprint density at radius 2 is 1.86 bits per heavy atom. The number of fused-ring (bicyclic) bond motifs is 2. The van der Waals surface area contributed by atoms with Gasteiger partial charge in [0.2, 0.25) is 11.8 Å². The number of nitrogens with zero attached hydrogens (tertiary/aromatic N) is 4. The number of carbonyl (C=O) groups is 3. The largest absolute Gasteiger partial charge is 0.471 e. The highest BCUT2D eigenvalue weighted by Gasteiger charge is 2.70. The first kappa shape index (κ1) is 26.4. The molecule has 0 bridgehead atoms. The van der Waals surface area contributed by atoms with Crippen LogP contribution in [0.1, 0.15) is 46.4 Å². The number of aromatic nitrogens is 2. The van der Waals surface area contributed by atoms with E-state index >= 15 is 0 Å². The van der Waals surface area contributed by atoms with E-state index < -0.39 is 47.4 Å². The van der Waals surface area contributed by atoms with Gasteiger partial charge in [0.05, 0.1) is 11.8 Å². The molecule has 1 saturated heterocycles. The first-order chi connectivity index (χ1) is 17.1. The average Bonchev–Trinajstić information content (AvgIpc) is 3.21. The van der Waals surface area contributed by atoms with Crippen molar-refractivity contribution in [3.8, 4) is 6.07 Å². The molecule has 1 aliphatic carbocycles. The van der Waals surface area contributed by atoms with Gasteiger partial charge in [0.1, 0.15) is 17.7 Å². The molecule has 1 unspecified atom stereocenters. The molecule has 1 aliphatic heterocycles. The number of likely N-dealkylation sites (tertiary alicyclic amines) is 1. The van der Waals surface area contributed by atoms with Gasteiger partial charge in [0, 0.05) is 18.9 Å². The molecular weight excluding hydrogens is 489 g/mol. The van der Waals surface area contributed by atoms with Crippen LogP contribution in [-0.4, -0.2) is 56.8 Å². The van der Waals surface area contributed by atoms with Crippen LogP contribution < -0.4 is 10.6 Å². The molecule has 0 spiro atoms. The Labute approximate surface area is 212 Å². The lowest BCUT2D eigenvalue weighted by Gasteiger charge is -2.37. The molecule has 9 nitrogen and oxygen atoms in total. The van der Waals surface area contributed by atoms with E-state index in [0.29, 0.717) is 11.3 Å². The molecule has 3 heterocycles. The van der Waals surface area contributed by atoms with Crippen molar-refractivity contribution in [1.82, 2.24) is 24.9 Å². The predicted octanol–water partition coefficient (Wildman–Crippen LogP) is 2.59. The molecule has 198 valence electrons. The van der Waals surface area contributed by atoms with Gasteiger partial charge in [0.25, 0.3) is 0 Å². The van der Waals surface area contributed by atoms with Crippen LogP contribution in [0.2, 0.25) is 0 Å². The standard InChI is InChI=1S/C25H29F3N6O3/c1-23(2,3)19(32-22(37)25(26,27)28)21(36)34-12-13-17(24(13,4)5)18(34)20(35)31-14(11-29)15-7-6-8-16-30-9-10-33(15)16/h6-10,13-14,17-19H,12H2,1-5H3,(H,31,35)(H,32,37)/t13-,14?,17-,18-,19+/m0/s1. The quantitative estimate of drug-likeness (QED) is 0.631. The van der Waals surface area contributed by atoms with Gasteiger partial charge in [-0.3, -0.25) is 14.4 Å². The molecule has 5 atom stereocenters. The molecule has 2 N–H and O–H groups in total. The molecular formula is C25H29F3N6O3. The number of rotatable bonds is 5. The topological polar surface area (TPSA) is 120 Å². The number of nitrogens with one attached hydrogen (secondary N) is 2. The SMILES string of the molecule is CC(C)(C)[C@H](NC(=O)C(F)(F)F)C(=O)N1C[C@H]2[C@@H]([C@H]1C(=O)NC(C#N)c1cccc3nccn13)C2(C)C. The molecule has 2 aliphatic rings. The van der Waals surface area contributed by atoms with Crippen LogP contribution in [0.15, 0.2) is 30.6 Å². The maximum absolute atomic E-state index is 13.6. The Morgan fingerprint density at radius 3 is 2.46 bits per heavy atom. The fraction of sp³-hybridized carbons (Fsp3) is 0.560. The zero-order valence-corrected chi connectivity index (χ0v) is 21.1. The van der Waals surface area contributed by atoms with Crippen molar-refractivity contribution in [2.45, 2.75) is 58.9 Å². The second-order valence-electron chi connectivity index (χ2n) is 11.3. The first-order valence-corrected chi connectivity index (χ1v) is 11.9. The Bertz CT molecular complexity index is 1290. The number of imidazole rings is 1. The van der Waals surface area contributed by atoms with Gasteiger partial charge in [0.15, 0.2) is 6.04 Å². The van der Waals surface area contributed by atoms with Crippen molar-refractivity contribution < 1.29 is 27.6 Å². The molecule has 0 radical (unpaired) electrons. The monoisotopic (exact) mass is 518 g/mol. The number of hydrogen-bond donors (Lipinski definition) is 2. The van der Waals surface area contributed by atoms with Crippen LogP contribution in [0, 0.1) is 34.0 Å². The summed E-state index contributed by atoms with van der Waals surface area (Å²) in [6, 6.07) is 3.62. The molecule has 4 rings (SSSR count). The maximum atomic E-state index is 13.6. The summed E-state index contributed by atoms with van der Waals surface area (Å²) < 4.78 is 40.7. The van der Waals surface area contributed by atoms with E-state index in [-0.39, 0.29) is 23.8 Å². The molecule has 0 aromatic carbocycles. The van der Waals surface area contributed by atoms with Gasteiger partial charge in [-0.15, -0.1) is 0 Å². The van der Waals surface area contributed by atoms with Crippen LogP contribution in [-0.2, 0) is 14.4 Å². The second kappa shape index (κ2) is 8.75. The van der Waals surface area contributed by atoms with Gasteiger partial charge in [-0.1, -0.05) is 40.7 Å². The minimum Gasteiger partial charge on any atom is -0.336 e. The average molecular weight is 519 g/mol. The highest BCUT2D eigenvalue weighted by Crippen LogP contribution is 2.65. The fourth-order valence-corrected chi connectivity index (χ4v) is 5.45. The summed E-state index contributed by atoms with van der Waals surface area (Å²) in [5.41, 5.74) is -0.273. The van der Waals surface area contributed by atoms with Gasteiger partial charge in [-0.2, -0.15) is 18.4 Å². The van der Waals surface area contributed by atoms with E-state index in [9.17, 15) is 32.8 Å². The van der Waals surface area contributed by atoms with E-state index in [0.717, 1.165) is 0 Å². The Balaban J connectivity index is 1.62. The Morgan fingerprint density at radius 1 is 1.19 bits per heavy atom. The third-order valence-electron chi connectivity index (χ3n) is 7.58. The molecule has 12 heteroatoms. The van der Waals surface area contributed by atoms with Crippen LogP contribution in [0.4, 0.5) is 13.2 Å². The third kappa shape index (κ3) is 4.63. The van der Waals surface area contributed by atoms with Gasteiger partial charge in [-0.05, 0) is 34.8 Å². The zero-order valence-electron chi connectivity index (χ0n) is 21.1. The van der Waals surface area contributed by atoms with Crippen molar-refractivity contribution in [2.24, 2.45) is 22.7 Å². The summed E-state index contributed by atoms with van der Waals surface area (Å²) in [4.78, 5) is 44.4. The van der Waals surface area contributed by atoms with E-state index in [1.807, 2.05) is 19.2 Å². The van der Waals surface area contributed by atoms with E-state index in [2.05, 4.69) is 16.4 Å². The van der Waals surface area contributed by atoms with Crippen LogP contribution in [0.25, 0.3) is 5.65 Å². The van der Waals surface area contributed by atoms with E-state index in [1.165, 1.54) is 4.90 Å². The number of nitriles is 1. The molecule has 2 aromatic rings. The number of piperidine rings is 1. The van der Waals surface area contributed by atoms with Crippen molar-refractivity contribution in [2.75, 3.05) is 6.54 Å². The lowest BCUT2D eigenvalue weighted by Crippen LogP contribution is -2.60. The van der Waals surface area contributed by atoms with Crippen molar-refractivity contribution in [3.05, 3.63) is 36.3 Å². The van der Waals surface area contributed by atoms with Crippen LogP contribution in [0.5, 0.6) is 0 Å². The summed E-state index contributed by atoms with van der Waals surface area (Å²) in [6.07, 6.45) is -1.94. The number of alkyl halides is 3. The zero-order chi connectivity index (χ0) is 27.5. The number of hydrogen-bond acceptors (Lipinski definition) is 5. The van der Waals surface area contributed by atoms with Crippen LogP contribution >= 0.6 is 0 Å². The lowest BCUT2D eigenvalue weighted by atomic mass is 9.85. The Hall–Kier alpha value is -3.62. The third-order valence-corrected chi connectivity index (χ3v) is 7.58. The smallest absolute Gasteiger partial charge is 0.336 e.